The SMILES string of the molecule is C=C(C)C1Cc2c(ccc(C(=O)C3CCOc4cc(OC)c(OC)cc43)c2O)O1.CCC[CH2][SnH]([CH2]CCC)[CH2]CCC. The van der Waals surface area contributed by atoms with Crippen molar-refractivity contribution in [3.05, 3.63) is 53.1 Å². The average molecular weight is 688 g/mol. The molecule has 4 rings (SSSR count). The zero-order valence-electron chi connectivity index (χ0n) is 26.7. The van der Waals surface area contributed by atoms with Crippen LogP contribution in [-0.4, -0.2) is 57.6 Å². The van der Waals surface area contributed by atoms with Crippen LogP contribution in [0.15, 0.2) is 36.4 Å². The molecule has 0 radical (unpaired) electrons. The predicted octanol–water partition coefficient (Wildman–Crippen LogP) is 8.65. The van der Waals surface area contributed by atoms with Gasteiger partial charge in [0.2, 0.25) is 0 Å². The van der Waals surface area contributed by atoms with Crippen LogP contribution in [0.3, 0.4) is 0 Å². The van der Waals surface area contributed by atoms with E-state index in [1.807, 2.05) is 6.92 Å². The molecule has 0 saturated carbocycles. The molecule has 0 aromatic heterocycles. The van der Waals surface area contributed by atoms with E-state index >= 15 is 0 Å². The van der Waals surface area contributed by atoms with Crippen LogP contribution < -0.4 is 18.9 Å². The van der Waals surface area contributed by atoms with Gasteiger partial charge >= 0.3 is 92.4 Å². The van der Waals surface area contributed by atoms with E-state index < -0.39 is 25.7 Å². The van der Waals surface area contributed by atoms with E-state index in [1.54, 1.807) is 51.8 Å². The topological polar surface area (TPSA) is 74.2 Å². The molecule has 7 heteroatoms. The monoisotopic (exact) mass is 688 g/mol. The Morgan fingerprint density at radius 1 is 0.976 bits per heavy atom. The molecular formula is C35H52O6Sn. The van der Waals surface area contributed by atoms with Crippen LogP contribution in [0.2, 0.25) is 13.3 Å². The number of hydrogen-bond acceptors (Lipinski definition) is 6. The molecule has 0 amide bonds. The van der Waals surface area contributed by atoms with Crippen molar-refractivity contribution in [2.75, 3.05) is 20.8 Å². The molecule has 2 aliphatic rings. The number of ketones is 1. The van der Waals surface area contributed by atoms with Crippen LogP contribution in [0.25, 0.3) is 0 Å². The number of hydrogen-bond donors (Lipinski definition) is 1. The van der Waals surface area contributed by atoms with Crippen molar-refractivity contribution in [1.82, 2.24) is 0 Å². The van der Waals surface area contributed by atoms with E-state index in [4.69, 9.17) is 18.9 Å². The molecule has 2 unspecified atom stereocenters. The van der Waals surface area contributed by atoms with E-state index in [1.165, 1.54) is 38.5 Å². The van der Waals surface area contributed by atoms with Gasteiger partial charge in [-0.2, -0.15) is 0 Å². The number of benzene rings is 2. The molecule has 42 heavy (non-hydrogen) atoms. The van der Waals surface area contributed by atoms with Crippen LogP contribution in [0.5, 0.6) is 28.7 Å². The molecule has 0 fully saturated rings. The number of Topliss-reactive ketones (excluding diaryl/α,β-unsaturated/α-hetero) is 1. The first-order valence-corrected chi connectivity index (χ1v) is 22.9. The first kappa shape index (κ1) is 34.1. The summed E-state index contributed by atoms with van der Waals surface area (Å²) in [7, 11) is 3.10. The molecule has 2 aromatic carbocycles. The van der Waals surface area contributed by atoms with Crippen molar-refractivity contribution < 1.29 is 28.8 Å². The van der Waals surface area contributed by atoms with Crippen LogP contribution in [0, 0.1) is 0 Å². The van der Waals surface area contributed by atoms with Crippen molar-refractivity contribution in [1.29, 1.82) is 0 Å². The molecule has 2 aromatic rings. The fourth-order valence-electron chi connectivity index (χ4n) is 5.87. The van der Waals surface area contributed by atoms with E-state index in [0.29, 0.717) is 53.6 Å². The Balaban J connectivity index is 0.000000316. The quantitative estimate of drug-likeness (QED) is 0.122. The number of unbranched alkanes of at least 4 members (excludes halogenated alkanes) is 3. The molecule has 1 N–H and O–H groups in total. The molecule has 0 spiro atoms. The number of methoxy groups -OCH3 is 2. The molecule has 2 heterocycles. The summed E-state index contributed by atoms with van der Waals surface area (Å²) in [4.78, 5) is 13.4. The number of fused-ring (bicyclic) bond motifs is 2. The molecule has 0 bridgehead atoms. The number of ether oxygens (including phenoxy) is 4. The first-order valence-electron chi connectivity index (χ1n) is 15.9. The van der Waals surface area contributed by atoms with Crippen molar-refractivity contribution in [3.8, 4) is 28.7 Å². The normalized spacial score (nSPS) is 16.8. The van der Waals surface area contributed by atoms with Gasteiger partial charge in [-0.1, -0.05) is 6.58 Å². The Hall–Kier alpha value is -2.35. The fraction of sp³-hybridized carbons (Fsp3) is 0.571. The van der Waals surface area contributed by atoms with Gasteiger partial charge in [0.25, 0.3) is 0 Å². The summed E-state index contributed by atoms with van der Waals surface area (Å²) in [5, 5.41) is 10.8. The molecule has 0 aliphatic carbocycles. The van der Waals surface area contributed by atoms with E-state index in [-0.39, 0.29) is 17.6 Å². The third kappa shape index (κ3) is 8.61. The van der Waals surface area contributed by atoms with E-state index in [0.717, 1.165) is 11.1 Å². The second kappa shape index (κ2) is 17.1. The maximum atomic E-state index is 13.4. The van der Waals surface area contributed by atoms with Gasteiger partial charge in [0, 0.05) is 23.6 Å². The van der Waals surface area contributed by atoms with Gasteiger partial charge in [0.1, 0.15) is 23.4 Å². The van der Waals surface area contributed by atoms with Crippen molar-refractivity contribution in [2.24, 2.45) is 0 Å². The summed E-state index contributed by atoms with van der Waals surface area (Å²) in [5.41, 5.74) is 2.56. The van der Waals surface area contributed by atoms with Crippen LogP contribution >= 0.6 is 0 Å². The zero-order chi connectivity index (χ0) is 30.6. The van der Waals surface area contributed by atoms with E-state index in [9.17, 15) is 9.90 Å². The fourth-order valence-corrected chi connectivity index (χ4v) is 16.8. The van der Waals surface area contributed by atoms with Crippen molar-refractivity contribution >= 4 is 25.5 Å². The number of carbonyl (C=O) groups is 1. The van der Waals surface area contributed by atoms with E-state index in [2.05, 4.69) is 27.4 Å². The molecule has 2 atom stereocenters. The minimum atomic E-state index is -0.967. The third-order valence-corrected chi connectivity index (χ3v) is 19.0. The van der Waals surface area contributed by atoms with Gasteiger partial charge in [0.15, 0.2) is 17.3 Å². The summed E-state index contributed by atoms with van der Waals surface area (Å²) in [6.45, 7) is 13.2. The van der Waals surface area contributed by atoms with Crippen molar-refractivity contribution in [2.45, 2.75) is 104 Å². The second-order valence-electron chi connectivity index (χ2n) is 11.7. The summed E-state index contributed by atoms with van der Waals surface area (Å²) in [5.74, 6) is 1.67. The van der Waals surface area contributed by atoms with Gasteiger partial charge < -0.3 is 24.1 Å². The molecule has 6 nitrogen and oxygen atoms in total. The zero-order valence-corrected chi connectivity index (χ0v) is 30.0. The van der Waals surface area contributed by atoms with Crippen LogP contribution in [-0.2, 0) is 6.42 Å². The average Bonchev–Trinajstić information content (AvgIpc) is 3.46. The minimum absolute atomic E-state index is 0.00947. The number of carbonyl (C=O) groups excluding carboxylic acids is 1. The Morgan fingerprint density at radius 2 is 1.57 bits per heavy atom. The van der Waals surface area contributed by atoms with Crippen molar-refractivity contribution in [3.63, 3.8) is 0 Å². The Morgan fingerprint density at radius 3 is 2.12 bits per heavy atom. The number of aromatic hydroxyl groups is 1. The first-order chi connectivity index (χ1) is 20.3. The molecule has 232 valence electrons. The predicted molar refractivity (Wildman–Crippen MR) is 174 cm³/mol. The Labute approximate surface area is 260 Å². The van der Waals surface area contributed by atoms with Crippen LogP contribution in [0.1, 0.15) is 100 Å². The number of rotatable bonds is 14. The summed E-state index contributed by atoms with van der Waals surface area (Å²) < 4.78 is 27.4. The molecular weight excluding hydrogens is 635 g/mol. The molecule has 2 aliphatic heterocycles. The number of phenolic OH excluding ortho intramolecular Hbond substituents is 1. The standard InChI is InChI=1S/C23H24O6.3C4H9.Sn.H/c1-12(2)18-10-16-17(29-18)6-5-14(23(16)25)22(24)13-7-8-28-19-11-21(27-4)20(26-3)9-15(13)19;3*1-3-4-2;;/h5-6,9,11,13,18,25H,1,7-8,10H2,2-4H3;3*1,3-4H2,2H3;;. The van der Waals surface area contributed by atoms with Gasteiger partial charge in [-0.3, -0.25) is 4.79 Å². The Kier molecular flexibility index (Phi) is 13.9. The maximum absolute atomic E-state index is 13.4. The summed E-state index contributed by atoms with van der Waals surface area (Å²) in [6.07, 6.45) is 9.72. The molecule has 0 saturated heterocycles. The third-order valence-electron chi connectivity index (χ3n) is 8.48. The summed E-state index contributed by atoms with van der Waals surface area (Å²) >= 11 is -0.967. The van der Waals surface area contributed by atoms with Gasteiger partial charge in [0.05, 0.1) is 32.3 Å². The summed E-state index contributed by atoms with van der Waals surface area (Å²) in [6, 6.07) is 6.90. The second-order valence-corrected chi connectivity index (χ2v) is 21.6. The van der Waals surface area contributed by atoms with Gasteiger partial charge in [-0.05, 0) is 37.1 Å². The van der Waals surface area contributed by atoms with Gasteiger partial charge in [-0.25, -0.2) is 0 Å². The Bertz CT molecular complexity index is 1170. The van der Waals surface area contributed by atoms with Crippen LogP contribution in [0.4, 0.5) is 0 Å². The number of phenols is 1. The van der Waals surface area contributed by atoms with Gasteiger partial charge in [-0.15, -0.1) is 0 Å².